The summed E-state index contributed by atoms with van der Waals surface area (Å²) in [6.45, 7) is 8.90. The molecule has 0 aromatic heterocycles. The van der Waals surface area contributed by atoms with Crippen LogP contribution in [-0.4, -0.2) is 0 Å². The molecule has 2 unspecified atom stereocenters. The Kier molecular flexibility index (Phi) is 7.81. The summed E-state index contributed by atoms with van der Waals surface area (Å²) < 4.78 is 0. The Morgan fingerprint density at radius 3 is 1.82 bits per heavy atom. The summed E-state index contributed by atoms with van der Waals surface area (Å²) in [5, 5.41) is 8.37. The van der Waals surface area contributed by atoms with E-state index in [4.69, 9.17) is 0 Å². The number of benzene rings is 7. The molecule has 0 nitrogen and oxygen atoms in total. The van der Waals surface area contributed by atoms with Crippen LogP contribution in [0.15, 0.2) is 151 Å². The highest BCUT2D eigenvalue weighted by molar-refractivity contribution is 6.15. The molecule has 250 valence electrons. The molecule has 3 aliphatic rings. The van der Waals surface area contributed by atoms with Crippen molar-refractivity contribution in [1.29, 1.82) is 0 Å². The van der Waals surface area contributed by atoms with Gasteiger partial charge in [0, 0.05) is 17.3 Å². The minimum atomic E-state index is 0.0365. The van der Waals surface area contributed by atoms with E-state index in [1.807, 2.05) is 13.8 Å². The molecule has 2 atom stereocenters. The number of rotatable bonds is 3. The predicted molar refractivity (Wildman–Crippen MR) is 220 cm³/mol. The molecule has 0 amide bonds. The first-order chi connectivity index (χ1) is 25.1. The minimum Gasteiger partial charge on any atom is -0.0836 e. The van der Waals surface area contributed by atoms with Crippen LogP contribution in [0.3, 0.4) is 0 Å². The van der Waals surface area contributed by atoms with Crippen molar-refractivity contribution in [1.82, 2.24) is 0 Å². The third kappa shape index (κ3) is 4.80. The van der Waals surface area contributed by atoms with Crippen LogP contribution < -0.4 is 0 Å². The Morgan fingerprint density at radius 2 is 1.12 bits per heavy atom. The highest BCUT2D eigenvalue weighted by Gasteiger charge is 2.37. The molecule has 0 aliphatic heterocycles. The summed E-state index contributed by atoms with van der Waals surface area (Å²) in [5.41, 5.74) is 14.6. The smallest absolute Gasteiger partial charge is 0.0121 e. The maximum absolute atomic E-state index is 2.48. The van der Waals surface area contributed by atoms with Crippen molar-refractivity contribution in [3.63, 3.8) is 0 Å². The van der Waals surface area contributed by atoms with Crippen LogP contribution in [0.5, 0.6) is 0 Å². The van der Waals surface area contributed by atoms with Crippen molar-refractivity contribution in [2.75, 3.05) is 0 Å². The molecule has 0 saturated heterocycles. The molecule has 0 radical (unpaired) electrons. The van der Waals surface area contributed by atoms with Crippen LogP contribution in [-0.2, 0) is 5.41 Å². The van der Waals surface area contributed by atoms with Gasteiger partial charge < -0.3 is 0 Å². The van der Waals surface area contributed by atoms with Gasteiger partial charge in [-0.1, -0.05) is 179 Å². The fourth-order valence-corrected chi connectivity index (χ4v) is 10.1. The molecular formula is C51H46. The van der Waals surface area contributed by atoms with Crippen molar-refractivity contribution in [2.24, 2.45) is 0 Å². The SMILES string of the molecule is CC.CC1(C)C2=C(C=CCC2)c2ccc(C3CCC(c4c5ccccc5c(-c5ccccc5)c5ccccc45)c4ccccc43)c3cccc1c23. The summed E-state index contributed by atoms with van der Waals surface area (Å²) in [4.78, 5) is 0. The molecule has 10 rings (SSSR count). The second-order valence-corrected chi connectivity index (χ2v) is 14.9. The zero-order chi connectivity index (χ0) is 34.7. The molecule has 3 aliphatic carbocycles. The second kappa shape index (κ2) is 12.5. The third-order valence-corrected chi connectivity index (χ3v) is 12.2. The predicted octanol–water partition coefficient (Wildman–Crippen LogP) is 14.3. The van der Waals surface area contributed by atoms with Gasteiger partial charge in [0.05, 0.1) is 0 Å². The standard InChI is InChI=1S/C49H40.C2H6/c1-49(2)44-25-13-12-19-36(44)43-30-28-35(37-24-14-26-45(49)48(37)43)34-27-29-42(33-18-7-6-17-32(33)34)47-40-22-10-8-20-38(40)46(31-15-4-3-5-16-31)39-21-9-11-23-41(39)47;1-2/h3-12,14-24,26,28,30,34,42H,13,25,27,29H2,1-2H3;1-2H3. The average Bonchev–Trinajstić information content (AvgIpc) is 3.20. The van der Waals surface area contributed by atoms with E-state index in [0.29, 0.717) is 11.8 Å². The van der Waals surface area contributed by atoms with E-state index >= 15 is 0 Å². The maximum Gasteiger partial charge on any atom is 0.0121 e. The lowest BCUT2D eigenvalue weighted by molar-refractivity contribution is 0.571. The molecule has 0 spiro atoms. The maximum atomic E-state index is 2.48. The van der Waals surface area contributed by atoms with Crippen LogP contribution in [0.1, 0.15) is 98.6 Å². The van der Waals surface area contributed by atoms with Gasteiger partial charge in [-0.3, -0.25) is 0 Å². The van der Waals surface area contributed by atoms with Gasteiger partial charge in [-0.2, -0.15) is 0 Å². The fourth-order valence-electron chi connectivity index (χ4n) is 10.1. The Bertz CT molecular complexity index is 2470. The van der Waals surface area contributed by atoms with E-state index < -0.39 is 0 Å². The topological polar surface area (TPSA) is 0 Å². The number of hydrogen-bond acceptors (Lipinski definition) is 0. The third-order valence-electron chi connectivity index (χ3n) is 12.2. The number of fused-ring (bicyclic) bond motifs is 4. The molecule has 0 bridgehead atoms. The van der Waals surface area contributed by atoms with Gasteiger partial charge in [-0.15, -0.1) is 0 Å². The highest BCUT2D eigenvalue weighted by atomic mass is 14.4. The summed E-state index contributed by atoms with van der Waals surface area (Å²) in [6, 6.07) is 50.7. The molecule has 51 heavy (non-hydrogen) atoms. The Morgan fingerprint density at radius 1 is 0.529 bits per heavy atom. The lowest BCUT2D eigenvalue weighted by Gasteiger charge is -2.39. The molecule has 0 saturated carbocycles. The quantitative estimate of drug-likeness (QED) is 0.166. The highest BCUT2D eigenvalue weighted by Crippen LogP contribution is 2.54. The van der Waals surface area contributed by atoms with Crippen molar-refractivity contribution in [3.05, 3.63) is 185 Å². The van der Waals surface area contributed by atoms with Gasteiger partial charge in [0.2, 0.25) is 0 Å². The molecule has 7 aromatic carbocycles. The van der Waals surface area contributed by atoms with Crippen molar-refractivity contribution >= 4 is 37.9 Å². The first kappa shape index (κ1) is 31.8. The van der Waals surface area contributed by atoms with E-state index in [0.717, 1.165) is 25.7 Å². The molecule has 0 N–H and O–H groups in total. The summed E-state index contributed by atoms with van der Waals surface area (Å²) in [5.74, 6) is 0.685. The summed E-state index contributed by atoms with van der Waals surface area (Å²) in [6.07, 6.45) is 9.32. The van der Waals surface area contributed by atoms with Gasteiger partial charge >= 0.3 is 0 Å². The molecule has 0 heteroatoms. The van der Waals surface area contributed by atoms with Gasteiger partial charge in [0.15, 0.2) is 0 Å². The van der Waals surface area contributed by atoms with Crippen LogP contribution >= 0.6 is 0 Å². The normalized spacial score (nSPS) is 18.7. The number of allylic oxidation sites excluding steroid dienone is 4. The first-order valence-corrected chi connectivity index (χ1v) is 19.2. The summed E-state index contributed by atoms with van der Waals surface area (Å²) >= 11 is 0. The Labute approximate surface area is 303 Å². The van der Waals surface area contributed by atoms with E-state index in [1.165, 1.54) is 82.4 Å². The number of hydrogen-bond donors (Lipinski definition) is 0. The van der Waals surface area contributed by atoms with Crippen molar-refractivity contribution in [2.45, 2.75) is 70.6 Å². The van der Waals surface area contributed by atoms with Crippen molar-refractivity contribution < 1.29 is 0 Å². The lowest BCUT2D eigenvalue weighted by atomic mass is 9.64. The largest absolute Gasteiger partial charge is 0.0836 e. The van der Waals surface area contributed by atoms with Crippen LogP contribution in [0.2, 0.25) is 0 Å². The molecule has 0 fully saturated rings. The van der Waals surface area contributed by atoms with E-state index in [2.05, 4.69) is 159 Å². The molecule has 7 aromatic rings. The molecular weight excluding hydrogens is 613 g/mol. The average molecular weight is 659 g/mol. The Balaban J connectivity index is 0.00000171. The van der Waals surface area contributed by atoms with Gasteiger partial charge in [-0.05, 0) is 108 Å². The van der Waals surface area contributed by atoms with E-state index in [9.17, 15) is 0 Å². The fraction of sp³-hybridized carbons (Fsp3) is 0.216. The van der Waals surface area contributed by atoms with Crippen LogP contribution in [0, 0.1) is 0 Å². The van der Waals surface area contributed by atoms with Crippen LogP contribution in [0.4, 0.5) is 0 Å². The molecule has 0 heterocycles. The van der Waals surface area contributed by atoms with Crippen molar-refractivity contribution in [3.8, 4) is 11.1 Å². The monoisotopic (exact) mass is 658 g/mol. The lowest BCUT2D eigenvalue weighted by Crippen LogP contribution is -2.26. The second-order valence-electron chi connectivity index (χ2n) is 14.9. The van der Waals surface area contributed by atoms with E-state index in [1.54, 1.807) is 5.57 Å². The first-order valence-electron chi connectivity index (χ1n) is 19.2. The minimum absolute atomic E-state index is 0.0365. The van der Waals surface area contributed by atoms with E-state index in [-0.39, 0.29) is 5.41 Å². The zero-order valence-corrected chi connectivity index (χ0v) is 30.3. The summed E-state index contributed by atoms with van der Waals surface area (Å²) in [7, 11) is 0. The van der Waals surface area contributed by atoms with Gasteiger partial charge in [0.1, 0.15) is 0 Å². The Hall–Kier alpha value is -5.20. The van der Waals surface area contributed by atoms with Gasteiger partial charge in [0.25, 0.3) is 0 Å². The zero-order valence-electron chi connectivity index (χ0n) is 30.3. The van der Waals surface area contributed by atoms with Crippen LogP contribution in [0.25, 0.3) is 49.0 Å². The van der Waals surface area contributed by atoms with Gasteiger partial charge in [-0.25, -0.2) is 0 Å².